The monoisotopic (exact) mass is 483 g/mol. The zero-order valence-electron chi connectivity index (χ0n) is 21.5. The Morgan fingerprint density at radius 1 is 1.14 bits per heavy atom. The highest BCUT2D eigenvalue weighted by molar-refractivity contribution is 5.67. The summed E-state index contributed by atoms with van der Waals surface area (Å²) in [5, 5.41) is 23.4. The highest BCUT2D eigenvalue weighted by atomic mass is 16.5. The fourth-order valence-electron chi connectivity index (χ4n) is 5.27. The number of ether oxygens (including phenoxy) is 2. The molecule has 0 radical (unpaired) electrons. The van der Waals surface area contributed by atoms with E-state index in [4.69, 9.17) is 14.6 Å². The number of hydrogen-bond donors (Lipinski definition) is 3. The van der Waals surface area contributed by atoms with Gasteiger partial charge in [-0.15, -0.1) is 0 Å². The van der Waals surface area contributed by atoms with Crippen molar-refractivity contribution in [1.82, 2.24) is 5.32 Å². The Balaban J connectivity index is 1.52. The van der Waals surface area contributed by atoms with Gasteiger partial charge in [-0.1, -0.05) is 43.3 Å². The van der Waals surface area contributed by atoms with Crippen molar-refractivity contribution in [3.8, 4) is 5.75 Å². The zero-order valence-corrected chi connectivity index (χ0v) is 21.5. The minimum Gasteiger partial charge on any atom is -0.496 e. The van der Waals surface area contributed by atoms with E-state index in [1.54, 1.807) is 7.11 Å². The molecule has 3 N–H and O–H groups in total. The molecule has 0 saturated carbocycles. The normalized spacial score (nSPS) is 15.6. The number of hydrogen-bond acceptors (Lipinski definition) is 5. The van der Waals surface area contributed by atoms with E-state index >= 15 is 0 Å². The predicted octanol–water partition coefficient (Wildman–Crippen LogP) is 4.71. The Kier molecular flexibility index (Phi) is 9.72. The number of carboxylic acid groups (broad SMARTS) is 1. The molecular weight excluding hydrogens is 442 g/mol. The number of aliphatic hydroxyl groups excluding tert-OH is 1. The lowest BCUT2D eigenvalue weighted by Crippen LogP contribution is -2.45. The van der Waals surface area contributed by atoms with Crippen molar-refractivity contribution < 1.29 is 24.5 Å². The molecule has 0 saturated heterocycles. The van der Waals surface area contributed by atoms with Gasteiger partial charge in [0.15, 0.2) is 0 Å². The fourth-order valence-corrected chi connectivity index (χ4v) is 5.27. The van der Waals surface area contributed by atoms with E-state index in [1.807, 2.05) is 25.1 Å². The summed E-state index contributed by atoms with van der Waals surface area (Å²) < 4.78 is 11.6. The maximum Gasteiger partial charge on any atom is 0.303 e. The third-order valence-corrected chi connectivity index (χ3v) is 6.94. The SMILES string of the molecule is CC[C@@H](OC[C@@H](O)CNC(C)(C)CC1Cc2ccccc2C1)c1cccc(OC)c1CCC(=O)O. The zero-order chi connectivity index (χ0) is 25.4. The summed E-state index contributed by atoms with van der Waals surface area (Å²) in [7, 11) is 1.59. The molecule has 2 aromatic carbocycles. The van der Waals surface area contributed by atoms with Crippen molar-refractivity contribution in [1.29, 1.82) is 0 Å². The summed E-state index contributed by atoms with van der Waals surface area (Å²) in [6.45, 7) is 7.07. The number of rotatable bonds is 14. The molecule has 3 rings (SSSR count). The predicted molar refractivity (Wildman–Crippen MR) is 138 cm³/mol. The van der Waals surface area contributed by atoms with Crippen LogP contribution in [0.4, 0.5) is 0 Å². The molecule has 0 amide bonds. The second-order valence-electron chi connectivity index (χ2n) is 10.3. The summed E-state index contributed by atoms with van der Waals surface area (Å²) in [5.41, 5.74) is 4.62. The smallest absolute Gasteiger partial charge is 0.303 e. The highest BCUT2D eigenvalue weighted by Gasteiger charge is 2.28. The van der Waals surface area contributed by atoms with Crippen molar-refractivity contribution in [2.45, 2.75) is 77.0 Å². The van der Waals surface area contributed by atoms with Gasteiger partial charge in [0.25, 0.3) is 0 Å². The van der Waals surface area contributed by atoms with Gasteiger partial charge in [-0.2, -0.15) is 0 Å². The first-order chi connectivity index (χ1) is 16.7. The van der Waals surface area contributed by atoms with Crippen LogP contribution in [0, 0.1) is 5.92 Å². The average molecular weight is 484 g/mol. The fraction of sp³-hybridized carbons (Fsp3) is 0.552. The standard InChI is InChI=1S/C29H41NO5/c1-5-26(24-11-8-12-27(34-4)25(24)13-14-28(32)33)35-19-23(31)18-30-29(2,3)17-20-15-21-9-6-7-10-22(21)16-20/h6-12,20,23,26,30-31H,5,13-19H2,1-4H3,(H,32,33)/t23-,26+/m0/s1. The summed E-state index contributed by atoms with van der Waals surface area (Å²) >= 11 is 0. The number of carbonyl (C=O) groups is 1. The first kappa shape index (κ1) is 27.2. The molecule has 192 valence electrons. The first-order valence-electron chi connectivity index (χ1n) is 12.7. The van der Waals surface area contributed by atoms with Crippen LogP contribution in [0.2, 0.25) is 0 Å². The lowest BCUT2D eigenvalue weighted by molar-refractivity contribution is -0.136. The van der Waals surface area contributed by atoms with E-state index in [0.717, 1.165) is 30.4 Å². The molecule has 0 aromatic heterocycles. The van der Waals surface area contributed by atoms with Crippen LogP contribution in [0.3, 0.4) is 0 Å². The van der Waals surface area contributed by atoms with Gasteiger partial charge in [-0.3, -0.25) is 4.79 Å². The number of nitrogens with one attached hydrogen (secondary N) is 1. The van der Waals surface area contributed by atoms with Crippen LogP contribution in [-0.4, -0.2) is 48.1 Å². The second kappa shape index (κ2) is 12.5. The number of carboxylic acids is 1. The Bertz CT molecular complexity index is 948. The van der Waals surface area contributed by atoms with Gasteiger partial charge in [-0.25, -0.2) is 0 Å². The third kappa shape index (κ3) is 7.79. The van der Waals surface area contributed by atoms with Gasteiger partial charge in [-0.05, 0) is 74.6 Å². The maximum atomic E-state index is 11.1. The number of fused-ring (bicyclic) bond motifs is 1. The van der Waals surface area contributed by atoms with Gasteiger partial charge in [0, 0.05) is 24.1 Å². The van der Waals surface area contributed by atoms with E-state index in [0.29, 0.717) is 31.1 Å². The molecule has 2 atom stereocenters. The van der Waals surface area contributed by atoms with Gasteiger partial charge >= 0.3 is 5.97 Å². The van der Waals surface area contributed by atoms with E-state index in [-0.39, 0.29) is 24.7 Å². The van der Waals surface area contributed by atoms with Crippen LogP contribution in [0.5, 0.6) is 5.75 Å². The number of aliphatic hydroxyl groups is 1. The number of methoxy groups -OCH3 is 1. The van der Waals surface area contributed by atoms with E-state index in [2.05, 4.69) is 43.4 Å². The Morgan fingerprint density at radius 3 is 2.43 bits per heavy atom. The van der Waals surface area contributed by atoms with Crippen LogP contribution in [0.15, 0.2) is 42.5 Å². The summed E-state index contributed by atoms with van der Waals surface area (Å²) in [6, 6.07) is 14.4. The van der Waals surface area contributed by atoms with Crippen molar-refractivity contribution in [3.05, 3.63) is 64.7 Å². The molecular formula is C29H41NO5. The quantitative estimate of drug-likeness (QED) is 0.361. The van der Waals surface area contributed by atoms with Crippen LogP contribution in [0.25, 0.3) is 0 Å². The van der Waals surface area contributed by atoms with Crippen LogP contribution in [-0.2, 0) is 28.8 Å². The summed E-state index contributed by atoms with van der Waals surface area (Å²) in [5.74, 6) is 0.440. The molecule has 35 heavy (non-hydrogen) atoms. The van der Waals surface area contributed by atoms with E-state index in [9.17, 15) is 9.90 Å². The molecule has 0 heterocycles. The molecule has 0 bridgehead atoms. The van der Waals surface area contributed by atoms with E-state index < -0.39 is 12.1 Å². The van der Waals surface area contributed by atoms with Crippen LogP contribution in [0.1, 0.15) is 68.4 Å². The summed E-state index contributed by atoms with van der Waals surface area (Å²) in [4.78, 5) is 11.1. The van der Waals surface area contributed by atoms with Crippen LogP contribution < -0.4 is 10.1 Å². The Morgan fingerprint density at radius 2 is 1.83 bits per heavy atom. The van der Waals surface area contributed by atoms with Crippen molar-refractivity contribution in [2.75, 3.05) is 20.3 Å². The minimum atomic E-state index is -0.846. The third-order valence-electron chi connectivity index (χ3n) is 6.94. The summed E-state index contributed by atoms with van der Waals surface area (Å²) in [6.07, 6.45) is 3.51. The lowest BCUT2D eigenvalue weighted by Gasteiger charge is -2.31. The van der Waals surface area contributed by atoms with Crippen LogP contribution >= 0.6 is 0 Å². The first-order valence-corrected chi connectivity index (χ1v) is 12.7. The van der Waals surface area contributed by atoms with Gasteiger partial charge in [0.05, 0.1) is 25.9 Å². The molecule has 6 nitrogen and oxygen atoms in total. The van der Waals surface area contributed by atoms with Gasteiger partial charge < -0.3 is 25.0 Å². The Labute approximate surface area is 209 Å². The average Bonchev–Trinajstić information content (AvgIpc) is 3.23. The highest BCUT2D eigenvalue weighted by Crippen LogP contribution is 2.33. The van der Waals surface area contributed by atoms with Gasteiger partial charge in [0.2, 0.25) is 0 Å². The number of aliphatic carboxylic acids is 1. The van der Waals surface area contributed by atoms with Crippen molar-refractivity contribution in [2.24, 2.45) is 5.92 Å². The molecule has 2 aromatic rings. The van der Waals surface area contributed by atoms with E-state index in [1.165, 1.54) is 11.1 Å². The molecule has 1 aliphatic carbocycles. The molecule has 1 aliphatic rings. The lowest BCUT2D eigenvalue weighted by atomic mass is 9.88. The topological polar surface area (TPSA) is 88.0 Å². The van der Waals surface area contributed by atoms with Crippen molar-refractivity contribution >= 4 is 5.97 Å². The Hall–Kier alpha value is -2.41. The number of β-amino-alcohol motifs (C(OH)–C–C–N with tert-alkyl or cyclic N) is 1. The second-order valence-corrected chi connectivity index (χ2v) is 10.3. The molecule has 0 aliphatic heterocycles. The molecule has 0 unspecified atom stereocenters. The minimum absolute atomic E-state index is 0.0253. The molecule has 0 spiro atoms. The maximum absolute atomic E-state index is 11.1. The molecule has 0 fully saturated rings. The molecule has 6 heteroatoms. The largest absolute Gasteiger partial charge is 0.496 e. The number of benzene rings is 2. The van der Waals surface area contributed by atoms with Gasteiger partial charge in [0.1, 0.15) is 5.75 Å². The van der Waals surface area contributed by atoms with Crippen molar-refractivity contribution in [3.63, 3.8) is 0 Å².